The van der Waals surface area contributed by atoms with Crippen LogP contribution in [0.5, 0.6) is 0 Å². The molecule has 2 aromatic rings. The second kappa shape index (κ2) is 4.44. The molecule has 0 saturated heterocycles. The maximum Gasteiger partial charge on any atom is 0.241 e. The van der Waals surface area contributed by atoms with E-state index in [9.17, 15) is 8.42 Å². The molecular formula is C13H13ClN2O2S. The highest BCUT2D eigenvalue weighted by atomic mass is 35.5. The first-order chi connectivity index (χ1) is 9.06. The van der Waals surface area contributed by atoms with Crippen molar-refractivity contribution in [3.63, 3.8) is 0 Å². The highest BCUT2D eigenvalue weighted by molar-refractivity contribution is 7.89. The molecule has 1 N–H and O–H groups in total. The first-order valence-electron chi connectivity index (χ1n) is 6.00. The number of pyridine rings is 1. The van der Waals surface area contributed by atoms with Crippen molar-refractivity contribution in [2.45, 2.75) is 23.3 Å². The number of nitrogens with zero attached hydrogens (tertiary/aromatic N) is 1. The van der Waals surface area contributed by atoms with Crippen LogP contribution in [-0.2, 0) is 10.0 Å². The fourth-order valence-electron chi connectivity index (χ4n) is 2.06. The Bertz CT molecular complexity index is 721. The van der Waals surface area contributed by atoms with Crippen molar-refractivity contribution in [1.82, 2.24) is 9.71 Å². The summed E-state index contributed by atoms with van der Waals surface area (Å²) in [7, 11) is -3.57. The lowest BCUT2D eigenvalue weighted by molar-refractivity contribution is 0.560. The minimum atomic E-state index is -3.57. The van der Waals surface area contributed by atoms with Gasteiger partial charge in [-0.2, -0.15) is 0 Å². The molecule has 0 atom stereocenters. The Morgan fingerprint density at radius 2 is 2.05 bits per heavy atom. The minimum Gasteiger partial charge on any atom is -0.256 e. The number of rotatable bonds is 4. The van der Waals surface area contributed by atoms with Gasteiger partial charge in [0.2, 0.25) is 10.0 Å². The van der Waals surface area contributed by atoms with Gasteiger partial charge in [-0.25, -0.2) is 13.1 Å². The standard InChI is InChI=1S/C13H13ClN2O2S/c14-9-13(6-7-13)16-19(17,18)12-5-1-4-11-10(12)3-2-8-15-11/h1-5,8,16H,6-7,9H2. The number of halogens is 1. The zero-order valence-corrected chi connectivity index (χ0v) is 11.7. The predicted octanol–water partition coefficient (Wildman–Crippen LogP) is 2.28. The van der Waals surface area contributed by atoms with E-state index in [-0.39, 0.29) is 4.90 Å². The molecule has 1 saturated carbocycles. The van der Waals surface area contributed by atoms with Gasteiger partial charge in [0, 0.05) is 23.0 Å². The van der Waals surface area contributed by atoms with Crippen molar-refractivity contribution >= 4 is 32.5 Å². The van der Waals surface area contributed by atoms with Crippen LogP contribution in [0.4, 0.5) is 0 Å². The fourth-order valence-corrected chi connectivity index (χ4v) is 4.15. The molecule has 1 aliphatic carbocycles. The van der Waals surface area contributed by atoms with E-state index < -0.39 is 15.6 Å². The highest BCUT2D eigenvalue weighted by Gasteiger charge is 2.45. The average Bonchev–Trinajstić information content (AvgIpc) is 3.17. The van der Waals surface area contributed by atoms with Crippen molar-refractivity contribution in [3.8, 4) is 0 Å². The summed E-state index contributed by atoms with van der Waals surface area (Å²) in [5, 5.41) is 0.628. The van der Waals surface area contributed by atoms with E-state index in [1.807, 2.05) is 0 Å². The second-order valence-electron chi connectivity index (χ2n) is 4.85. The molecule has 6 heteroatoms. The van der Waals surface area contributed by atoms with Crippen molar-refractivity contribution in [1.29, 1.82) is 0 Å². The molecule has 1 aromatic heterocycles. The zero-order valence-electron chi connectivity index (χ0n) is 10.1. The molecule has 0 spiro atoms. The van der Waals surface area contributed by atoms with Gasteiger partial charge in [0.15, 0.2) is 0 Å². The molecule has 1 fully saturated rings. The molecule has 0 amide bonds. The number of benzene rings is 1. The summed E-state index contributed by atoms with van der Waals surface area (Å²) in [4.78, 5) is 4.43. The Hall–Kier alpha value is -1.17. The number of aromatic nitrogens is 1. The Labute approximate surface area is 116 Å². The molecule has 19 heavy (non-hydrogen) atoms. The first kappa shape index (κ1) is 12.8. The van der Waals surface area contributed by atoms with E-state index >= 15 is 0 Å². The first-order valence-corrected chi connectivity index (χ1v) is 8.02. The molecular weight excluding hydrogens is 284 g/mol. The predicted molar refractivity (Wildman–Crippen MR) is 74.7 cm³/mol. The summed E-state index contributed by atoms with van der Waals surface area (Å²) in [5.74, 6) is 0.301. The number of alkyl halides is 1. The molecule has 4 nitrogen and oxygen atoms in total. The fraction of sp³-hybridized carbons (Fsp3) is 0.308. The van der Waals surface area contributed by atoms with E-state index in [1.54, 1.807) is 36.5 Å². The maximum atomic E-state index is 12.5. The molecule has 0 bridgehead atoms. The van der Waals surface area contributed by atoms with Gasteiger partial charge in [0.25, 0.3) is 0 Å². The van der Waals surface area contributed by atoms with Crippen LogP contribution < -0.4 is 4.72 Å². The smallest absolute Gasteiger partial charge is 0.241 e. The lowest BCUT2D eigenvalue weighted by atomic mass is 10.2. The Balaban J connectivity index is 2.08. The van der Waals surface area contributed by atoms with E-state index in [4.69, 9.17) is 11.6 Å². The monoisotopic (exact) mass is 296 g/mol. The maximum absolute atomic E-state index is 12.5. The van der Waals surface area contributed by atoms with E-state index in [0.717, 1.165) is 12.8 Å². The van der Waals surface area contributed by atoms with Gasteiger partial charge in [-0.3, -0.25) is 4.98 Å². The van der Waals surface area contributed by atoms with Crippen LogP contribution in [0, 0.1) is 0 Å². The largest absolute Gasteiger partial charge is 0.256 e. The molecule has 3 rings (SSSR count). The van der Waals surface area contributed by atoms with Crippen LogP contribution in [-0.4, -0.2) is 24.8 Å². The summed E-state index contributed by atoms with van der Waals surface area (Å²) < 4.78 is 27.6. The van der Waals surface area contributed by atoms with E-state index in [2.05, 4.69) is 9.71 Å². The van der Waals surface area contributed by atoms with Crippen molar-refractivity contribution < 1.29 is 8.42 Å². The Morgan fingerprint density at radius 1 is 1.26 bits per heavy atom. The molecule has 0 aliphatic heterocycles. The molecule has 1 aromatic carbocycles. The van der Waals surface area contributed by atoms with Crippen molar-refractivity contribution in [2.75, 3.05) is 5.88 Å². The van der Waals surface area contributed by atoms with Gasteiger partial charge in [-0.1, -0.05) is 6.07 Å². The van der Waals surface area contributed by atoms with Crippen LogP contribution >= 0.6 is 11.6 Å². The minimum absolute atomic E-state index is 0.259. The SMILES string of the molecule is O=S(=O)(NC1(CCl)CC1)c1cccc2ncccc12. The summed E-state index contributed by atoms with van der Waals surface area (Å²) in [6, 6.07) is 8.58. The van der Waals surface area contributed by atoms with Crippen LogP contribution in [0.3, 0.4) is 0 Å². The van der Waals surface area contributed by atoms with Crippen LogP contribution in [0.25, 0.3) is 10.9 Å². The molecule has 0 radical (unpaired) electrons. The number of sulfonamides is 1. The van der Waals surface area contributed by atoms with Crippen LogP contribution in [0.15, 0.2) is 41.4 Å². The van der Waals surface area contributed by atoms with Gasteiger partial charge in [-0.05, 0) is 37.1 Å². The molecule has 100 valence electrons. The Kier molecular flexibility index (Phi) is 3.00. The summed E-state index contributed by atoms with van der Waals surface area (Å²) >= 11 is 5.83. The normalized spacial score (nSPS) is 17.5. The third-order valence-electron chi connectivity index (χ3n) is 3.36. The molecule has 1 heterocycles. The second-order valence-corrected chi connectivity index (χ2v) is 6.76. The summed E-state index contributed by atoms with van der Waals surface area (Å²) in [6.07, 6.45) is 3.23. The van der Waals surface area contributed by atoms with Gasteiger partial charge in [0.05, 0.1) is 10.4 Å². The number of fused-ring (bicyclic) bond motifs is 1. The van der Waals surface area contributed by atoms with E-state index in [1.165, 1.54) is 0 Å². The van der Waals surface area contributed by atoms with Gasteiger partial charge >= 0.3 is 0 Å². The van der Waals surface area contributed by atoms with E-state index in [0.29, 0.717) is 16.8 Å². The topological polar surface area (TPSA) is 59.1 Å². The lowest BCUT2D eigenvalue weighted by Crippen LogP contribution is -2.38. The van der Waals surface area contributed by atoms with Crippen molar-refractivity contribution in [2.24, 2.45) is 0 Å². The van der Waals surface area contributed by atoms with Gasteiger partial charge in [0.1, 0.15) is 0 Å². The van der Waals surface area contributed by atoms with Gasteiger partial charge < -0.3 is 0 Å². The average molecular weight is 297 g/mol. The van der Waals surface area contributed by atoms with Crippen LogP contribution in [0.2, 0.25) is 0 Å². The summed E-state index contributed by atoms with van der Waals surface area (Å²) in [5.41, 5.74) is 0.214. The third-order valence-corrected chi connectivity index (χ3v) is 5.50. The lowest BCUT2D eigenvalue weighted by Gasteiger charge is -2.15. The number of hydrogen-bond acceptors (Lipinski definition) is 3. The summed E-state index contributed by atoms with van der Waals surface area (Å²) in [6.45, 7) is 0. The molecule has 0 unspecified atom stereocenters. The Morgan fingerprint density at radius 3 is 2.74 bits per heavy atom. The zero-order chi connectivity index (χ0) is 13.5. The third kappa shape index (κ3) is 2.33. The van der Waals surface area contributed by atoms with Gasteiger partial charge in [-0.15, -0.1) is 11.6 Å². The van der Waals surface area contributed by atoms with Crippen molar-refractivity contribution in [3.05, 3.63) is 36.5 Å². The quantitative estimate of drug-likeness (QED) is 0.881. The highest BCUT2D eigenvalue weighted by Crippen LogP contribution is 2.38. The number of nitrogens with one attached hydrogen (secondary N) is 1. The molecule has 1 aliphatic rings. The number of hydrogen-bond donors (Lipinski definition) is 1. The van der Waals surface area contributed by atoms with Crippen LogP contribution in [0.1, 0.15) is 12.8 Å².